The summed E-state index contributed by atoms with van der Waals surface area (Å²) in [5.74, 6) is 0.0441. The van der Waals surface area contributed by atoms with Crippen LogP contribution in [-0.2, 0) is 0 Å². The van der Waals surface area contributed by atoms with E-state index in [1.807, 2.05) is 13.8 Å². The van der Waals surface area contributed by atoms with Gasteiger partial charge in [-0.3, -0.25) is 10.1 Å². The Balaban J connectivity index is 3.06. The number of nitrogens with one attached hydrogen (secondary N) is 1. The zero-order valence-corrected chi connectivity index (χ0v) is 8.60. The normalized spacial score (nSPS) is 12.1. The van der Waals surface area contributed by atoms with Gasteiger partial charge in [-0.05, 0) is 13.3 Å². The quantitative estimate of drug-likeness (QED) is 0.572. The van der Waals surface area contributed by atoms with Crippen LogP contribution >= 0.6 is 0 Å². The molecule has 0 saturated heterocycles. The van der Waals surface area contributed by atoms with E-state index in [-0.39, 0.29) is 23.4 Å². The predicted molar refractivity (Wildman–Crippen MR) is 56.5 cm³/mol. The highest BCUT2D eigenvalue weighted by Gasteiger charge is 2.21. The van der Waals surface area contributed by atoms with Gasteiger partial charge in [0.1, 0.15) is 6.33 Å². The third-order valence-corrected chi connectivity index (χ3v) is 2.03. The van der Waals surface area contributed by atoms with Crippen molar-refractivity contribution in [2.24, 2.45) is 0 Å². The van der Waals surface area contributed by atoms with Crippen LogP contribution < -0.4 is 11.1 Å². The average molecular weight is 211 g/mol. The van der Waals surface area contributed by atoms with Crippen LogP contribution in [-0.4, -0.2) is 20.9 Å². The van der Waals surface area contributed by atoms with Crippen LogP contribution in [0.2, 0.25) is 0 Å². The van der Waals surface area contributed by atoms with Gasteiger partial charge in [-0.1, -0.05) is 6.92 Å². The molecule has 0 aliphatic carbocycles. The number of rotatable bonds is 4. The van der Waals surface area contributed by atoms with E-state index >= 15 is 0 Å². The maximum Gasteiger partial charge on any atom is 0.352 e. The molecule has 1 aromatic heterocycles. The zero-order chi connectivity index (χ0) is 11.4. The third kappa shape index (κ3) is 2.52. The molecule has 0 amide bonds. The summed E-state index contributed by atoms with van der Waals surface area (Å²) >= 11 is 0. The maximum absolute atomic E-state index is 10.7. The predicted octanol–water partition coefficient (Wildman–Crippen LogP) is 1.18. The maximum atomic E-state index is 10.7. The highest BCUT2D eigenvalue weighted by molar-refractivity contribution is 5.67. The molecule has 15 heavy (non-hydrogen) atoms. The van der Waals surface area contributed by atoms with Gasteiger partial charge in [0.25, 0.3) is 0 Å². The molecular formula is C8H13N5O2. The van der Waals surface area contributed by atoms with E-state index in [0.29, 0.717) is 0 Å². The first-order chi connectivity index (χ1) is 7.06. The molecule has 0 aliphatic rings. The molecule has 0 aliphatic heterocycles. The number of nitrogen functional groups attached to an aromatic ring is 1. The molecule has 1 aromatic rings. The number of aromatic nitrogens is 2. The molecule has 7 nitrogen and oxygen atoms in total. The van der Waals surface area contributed by atoms with Crippen molar-refractivity contribution in [2.45, 2.75) is 26.3 Å². The molecular weight excluding hydrogens is 198 g/mol. The molecule has 1 unspecified atom stereocenters. The second-order valence-corrected chi connectivity index (χ2v) is 3.17. The average Bonchev–Trinajstić information content (AvgIpc) is 2.17. The molecule has 0 fully saturated rings. The van der Waals surface area contributed by atoms with E-state index in [4.69, 9.17) is 5.73 Å². The minimum Gasteiger partial charge on any atom is -0.378 e. The van der Waals surface area contributed by atoms with Crippen LogP contribution in [0, 0.1) is 10.1 Å². The number of nitro groups is 1. The van der Waals surface area contributed by atoms with Crippen molar-refractivity contribution in [1.82, 2.24) is 9.97 Å². The van der Waals surface area contributed by atoms with Crippen molar-refractivity contribution < 1.29 is 4.92 Å². The first-order valence-corrected chi connectivity index (χ1v) is 4.57. The number of nitrogens with two attached hydrogens (primary N) is 1. The molecule has 1 rings (SSSR count). The number of anilines is 2. The third-order valence-electron chi connectivity index (χ3n) is 2.03. The Morgan fingerprint density at radius 1 is 1.67 bits per heavy atom. The summed E-state index contributed by atoms with van der Waals surface area (Å²) in [6.45, 7) is 3.87. The monoisotopic (exact) mass is 211 g/mol. The van der Waals surface area contributed by atoms with Gasteiger partial charge in [0.2, 0.25) is 11.6 Å². The summed E-state index contributed by atoms with van der Waals surface area (Å²) in [4.78, 5) is 17.5. The standard InChI is InChI=1S/C8H13N5O2/c1-3-5(2)12-8-6(13(14)15)7(9)10-4-11-8/h4-5H,3H2,1-2H3,(H3,9,10,11,12). The molecule has 0 radical (unpaired) electrons. The fraction of sp³-hybridized carbons (Fsp3) is 0.500. The molecule has 0 bridgehead atoms. The number of hydrogen-bond acceptors (Lipinski definition) is 6. The molecule has 7 heteroatoms. The molecule has 1 heterocycles. The van der Waals surface area contributed by atoms with Crippen LogP contribution in [0.5, 0.6) is 0 Å². The lowest BCUT2D eigenvalue weighted by molar-refractivity contribution is -0.383. The molecule has 0 aromatic carbocycles. The Morgan fingerprint density at radius 2 is 2.33 bits per heavy atom. The van der Waals surface area contributed by atoms with Gasteiger partial charge < -0.3 is 11.1 Å². The van der Waals surface area contributed by atoms with Gasteiger partial charge in [-0.2, -0.15) is 0 Å². The van der Waals surface area contributed by atoms with Crippen LogP contribution in [0.1, 0.15) is 20.3 Å². The van der Waals surface area contributed by atoms with Gasteiger partial charge in [0, 0.05) is 6.04 Å². The van der Waals surface area contributed by atoms with Crippen LogP contribution in [0.25, 0.3) is 0 Å². The van der Waals surface area contributed by atoms with Gasteiger partial charge in [0.05, 0.1) is 4.92 Å². The molecule has 1 atom stereocenters. The second-order valence-electron chi connectivity index (χ2n) is 3.17. The number of hydrogen-bond donors (Lipinski definition) is 2. The van der Waals surface area contributed by atoms with E-state index in [1.54, 1.807) is 0 Å². The Labute approximate surface area is 86.9 Å². The first-order valence-electron chi connectivity index (χ1n) is 4.57. The van der Waals surface area contributed by atoms with Gasteiger partial charge in [-0.15, -0.1) is 0 Å². The molecule has 3 N–H and O–H groups in total. The molecule has 82 valence electrons. The Hall–Kier alpha value is -1.92. The molecule has 0 saturated carbocycles. The second kappa shape index (κ2) is 4.54. The first kappa shape index (κ1) is 11.2. The van der Waals surface area contributed by atoms with Gasteiger partial charge in [0.15, 0.2) is 0 Å². The van der Waals surface area contributed by atoms with Crippen molar-refractivity contribution >= 4 is 17.3 Å². The lowest BCUT2D eigenvalue weighted by Gasteiger charge is -2.11. The smallest absolute Gasteiger partial charge is 0.352 e. The van der Waals surface area contributed by atoms with E-state index in [1.165, 1.54) is 6.33 Å². The van der Waals surface area contributed by atoms with Crippen molar-refractivity contribution in [3.05, 3.63) is 16.4 Å². The van der Waals surface area contributed by atoms with Crippen molar-refractivity contribution in [1.29, 1.82) is 0 Å². The summed E-state index contributed by atoms with van der Waals surface area (Å²) < 4.78 is 0. The lowest BCUT2D eigenvalue weighted by atomic mass is 10.2. The highest BCUT2D eigenvalue weighted by Crippen LogP contribution is 2.26. The van der Waals surface area contributed by atoms with Crippen LogP contribution in [0.3, 0.4) is 0 Å². The summed E-state index contributed by atoms with van der Waals surface area (Å²) in [6, 6.07) is 0.0954. The fourth-order valence-electron chi connectivity index (χ4n) is 1.01. The SMILES string of the molecule is CCC(C)Nc1ncnc(N)c1[N+](=O)[O-]. The van der Waals surface area contributed by atoms with Crippen molar-refractivity contribution in [3.63, 3.8) is 0 Å². The summed E-state index contributed by atoms with van der Waals surface area (Å²) in [5.41, 5.74) is 5.14. The van der Waals surface area contributed by atoms with Gasteiger partial charge >= 0.3 is 5.69 Å². The van der Waals surface area contributed by atoms with E-state index in [0.717, 1.165) is 6.42 Å². The van der Waals surface area contributed by atoms with E-state index in [9.17, 15) is 10.1 Å². The minimum atomic E-state index is -0.583. The van der Waals surface area contributed by atoms with E-state index < -0.39 is 4.92 Å². The fourth-order valence-corrected chi connectivity index (χ4v) is 1.01. The van der Waals surface area contributed by atoms with Crippen molar-refractivity contribution in [2.75, 3.05) is 11.1 Å². The Bertz CT molecular complexity index is 368. The van der Waals surface area contributed by atoms with E-state index in [2.05, 4.69) is 15.3 Å². The largest absolute Gasteiger partial charge is 0.378 e. The van der Waals surface area contributed by atoms with Gasteiger partial charge in [-0.25, -0.2) is 9.97 Å². The topological polar surface area (TPSA) is 107 Å². The zero-order valence-electron chi connectivity index (χ0n) is 8.60. The lowest BCUT2D eigenvalue weighted by Crippen LogP contribution is -2.16. The van der Waals surface area contributed by atoms with Crippen LogP contribution in [0.4, 0.5) is 17.3 Å². The van der Waals surface area contributed by atoms with Crippen molar-refractivity contribution in [3.8, 4) is 0 Å². The number of nitrogens with zero attached hydrogens (tertiary/aromatic N) is 3. The summed E-state index contributed by atoms with van der Waals surface area (Å²) in [5, 5.41) is 13.6. The minimum absolute atomic E-state index is 0.0954. The van der Waals surface area contributed by atoms with Crippen LogP contribution in [0.15, 0.2) is 6.33 Å². The summed E-state index contributed by atoms with van der Waals surface area (Å²) in [6.07, 6.45) is 2.04. The Morgan fingerprint density at radius 3 is 2.87 bits per heavy atom. The highest BCUT2D eigenvalue weighted by atomic mass is 16.6. The molecule has 0 spiro atoms. The Kier molecular flexibility index (Phi) is 3.37. The summed E-state index contributed by atoms with van der Waals surface area (Å²) in [7, 11) is 0.